The minimum atomic E-state index is -0.144. The smallest absolute Gasteiger partial charge is 0.280 e. The summed E-state index contributed by atoms with van der Waals surface area (Å²) in [5.41, 5.74) is 2.50. The maximum Gasteiger partial charge on any atom is 0.280 e. The van der Waals surface area contributed by atoms with E-state index in [1.807, 2.05) is 30.3 Å². The topological polar surface area (TPSA) is 71.9 Å². The van der Waals surface area contributed by atoms with Gasteiger partial charge in [-0.3, -0.25) is 9.59 Å². The van der Waals surface area contributed by atoms with Gasteiger partial charge in [0.1, 0.15) is 18.1 Å². The highest BCUT2D eigenvalue weighted by atomic mass is 32.1. The fraction of sp³-hybridized carbons (Fsp3) is 0.400. The van der Waals surface area contributed by atoms with Gasteiger partial charge in [0, 0.05) is 10.6 Å². The summed E-state index contributed by atoms with van der Waals surface area (Å²) in [5.74, 6) is -0.185. The van der Waals surface area contributed by atoms with Crippen LogP contribution in [0.5, 0.6) is 0 Å². The standard InChI is InChI=1S/C20H23N3O3S/c24-17(13-23-9-11-26-12-10-23)22-20-18(15-7-4-8-16(15)27-20)19(25)21-14-5-2-1-3-6-14/h1-3,5-6H,4,7-13H2,(H,21,25)(H,22,24)/p+1. The highest BCUT2D eigenvalue weighted by molar-refractivity contribution is 7.17. The van der Waals surface area contributed by atoms with E-state index < -0.39 is 0 Å². The molecule has 142 valence electrons. The minimum Gasteiger partial charge on any atom is -0.370 e. The van der Waals surface area contributed by atoms with Crippen molar-refractivity contribution in [2.75, 3.05) is 43.5 Å². The van der Waals surface area contributed by atoms with E-state index in [1.54, 1.807) is 11.3 Å². The second-order valence-electron chi connectivity index (χ2n) is 6.97. The number of hydrogen-bond acceptors (Lipinski definition) is 4. The molecule has 2 amide bonds. The zero-order valence-electron chi connectivity index (χ0n) is 15.2. The van der Waals surface area contributed by atoms with Crippen LogP contribution in [0.4, 0.5) is 10.7 Å². The highest BCUT2D eigenvalue weighted by Crippen LogP contribution is 2.39. The Bertz CT molecular complexity index is 828. The summed E-state index contributed by atoms with van der Waals surface area (Å²) in [6.45, 7) is 3.48. The van der Waals surface area contributed by atoms with Crippen molar-refractivity contribution in [3.8, 4) is 0 Å². The Morgan fingerprint density at radius 3 is 2.63 bits per heavy atom. The fourth-order valence-corrected chi connectivity index (χ4v) is 4.99. The van der Waals surface area contributed by atoms with Crippen molar-refractivity contribution in [3.63, 3.8) is 0 Å². The molecule has 1 aliphatic carbocycles. The van der Waals surface area contributed by atoms with E-state index in [1.165, 1.54) is 9.78 Å². The summed E-state index contributed by atoms with van der Waals surface area (Å²) < 4.78 is 5.34. The molecule has 3 N–H and O–H groups in total. The third-order valence-electron chi connectivity index (χ3n) is 5.04. The third-order valence-corrected chi connectivity index (χ3v) is 6.25. The number of anilines is 2. The van der Waals surface area contributed by atoms with Gasteiger partial charge in [-0.15, -0.1) is 11.3 Å². The Balaban J connectivity index is 1.50. The number of carbonyl (C=O) groups excluding carboxylic acids is 2. The zero-order chi connectivity index (χ0) is 18.6. The van der Waals surface area contributed by atoms with E-state index in [2.05, 4.69) is 10.6 Å². The van der Waals surface area contributed by atoms with Crippen LogP contribution in [0.15, 0.2) is 30.3 Å². The summed E-state index contributed by atoms with van der Waals surface area (Å²) in [4.78, 5) is 27.9. The number of hydrogen-bond donors (Lipinski definition) is 3. The van der Waals surface area contributed by atoms with Crippen LogP contribution in [0.1, 0.15) is 27.2 Å². The molecule has 0 unspecified atom stereocenters. The van der Waals surface area contributed by atoms with Gasteiger partial charge in [0.25, 0.3) is 11.8 Å². The second-order valence-corrected chi connectivity index (χ2v) is 8.07. The molecule has 27 heavy (non-hydrogen) atoms. The summed E-state index contributed by atoms with van der Waals surface area (Å²) >= 11 is 1.55. The molecule has 6 nitrogen and oxygen atoms in total. The molecule has 4 rings (SSSR count). The molecule has 1 aromatic carbocycles. The lowest BCUT2D eigenvalue weighted by Gasteiger charge is -2.23. The van der Waals surface area contributed by atoms with Crippen LogP contribution in [0, 0.1) is 0 Å². The second kappa shape index (κ2) is 8.21. The quantitative estimate of drug-likeness (QED) is 0.726. The molecular formula is C20H24N3O3S+. The Kier molecular flexibility index (Phi) is 5.52. The largest absolute Gasteiger partial charge is 0.370 e. The number of ether oxygens (including phenoxy) is 1. The van der Waals surface area contributed by atoms with Crippen LogP contribution in [0.2, 0.25) is 0 Å². The van der Waals surface area contributed by atoms with Crippen molar-refractivity contribution in [1.82, 2.24) is 0 Å². The number of benzene rings is 1. The number of aryl methyl sites for hydroxylation is 1. The predicted molar refractivity (Wildman–Crippen MR) is 106 cm³/mol. The molecule has 0 saturated carbocycles. The summed E-state index contributed by atoms with van der Waals surface area (Å²) in [6.07, 6.45) is 2.95. The summed E-state index contributed by atoms with van der Waals surface area (Å²) in [7, 11) is 0. The van der Waals surface area contributed by atoms with E-state index in [-0.39, 0.29) is 11.8 Å². The third kappa shape index (κ3) is 4.21. The van der Waals surface area contributed by atoms with Gasteiger partial charge >= 0.3 is 0 Å². The summed E-state index contributed by atoms with van der Waals surface area (Å²) in [5, 5.41) is 6.66. The van der Waals surface area contributed by atoms with E-state index >= 15 is 0 Å². The van der Waals surface area contributed by atoms with Crippen LogP contribution in [-0.4, -0.2) is 44.7 Å². The van der Waals surface area contributed by atoms with Gasteiger partial charge in [0.05, 0.1) is 18.8 Å². The van der Waals surface area contributed by atoms with Crippen LogP contribution >= 0.6 is 11.3 Å². The number of carbonyl (C=O) groups is 2. The molecule has 1 saturated heterocycles. The fourth-order valence-electron chi connectivity index (χ4n) is 3.68. The van der Waals surface area contributed by atoms with E-state index in [0.717, 1.165) is 43.6 Å². The van der Waals surface area contributed by atoms with Crippen molar-refractivity contribution >= 4 is 33.8 Å². The minimum absolute atomic E-state index is 0.0411. The van der Waals surface area contributed by atoms with Crippen LogP contribution in [0.25, 0.3) is 0 Å². The average molecular weight is 386 g/mol. The number of thiophene rings is 1. The van der Waals surface area contributed by atoms with Crippen molar-refractivity contribution in [1.29, 1.82) is 0 Å². The first-order valence-corrected chi connectivity index (χ1v) is 10.2. The lowest BCUT2D eigenvalue weighted by atomic mass is 10.1. The Morgan fingerprint density at radius 2 is 1.85 bits per heavy atom. The molecule has 2 aliphatic rings. The number of nitrogens with one attached hydrogen (secondary N) is 3. The van der Waals surface area contributed by atoms with Crippen molar-refractivity contribution in [2.24, 2.45) is 0 Å². The van der Waals surface area contributed by atoms with Gasteiger partial charge in [0.2, 0.25) is 0 Å². The maximum absolute atomic E-state index is 12.9. The van der Waals surface area contributed by atoms with Gasteiger partial charge in [0.15, 0.2) is 6.54 Å². The zero-order valence-corrected chi connectivity index (χ0v) is 16.0. The normalized spacial score (nSPS) is 16.7. The Labute approximate surface area is 162 Å². The molecule has 1 aliphatic heterocycles. The van der Waals surface area contributed by atoms with Crippen LogP contribution < -0.4 is 15.5 Å². The van der Waals surface area contributed by atoms with Gasteiger partial charge in [-0.2, -0.15) is 0 Å². The molecular weight excluding hydrogens is 362 g/mol. The number of quaternary nitrogens is 1. The van der Waals surface area contributed by atoms with Gasteiger partial charge < -0.3 is 20.3 Å². The average Bonchev–Trinajstić information content (AvgIpc) is 3.23. The SMILES string of the molecule is O=C(C[NH+]1CCOCC1)Nc1sc2c(c1C(=O)Nc1ccccc1)CCC2. The van der Waals surface area contributed by atoms with Crippen LogP contribution in [-0.2, 0) is 22.4 Å². The van der Waals surface area contributed by atoms with Gasteiger partial charge in [-0.25, -0.2) is 0 Å². The molecule has 7 heteroatoms. The highest BCUT2D eigenvalue weighted by Gasteiger charge is 2.28. The number of fused-ring (bicyclic) bond motifs is 1. The van der Waals surface area contributed by atoms with Crippen molar-refractivity contribution in [3.05, 3.63) is 46.3 Å². The molecule has 1 fully saturated rings. The molecule has 0 radical (unpaired) electrons. The Hall–Kier alpha value is -2.22. The van der Waals surface area contributed by atoms with Gasteiger partial charge in [-0.05, 0) is 37.0 Å². The van der Waals surface area contributed by atoms with E-state index in [0.29, 0.717) is 30.3 Å². The molecule has 2 heterocycles. The maximum atomic E-state index is 12.9. The number of amides is 2. The molecule has 0 atom stereocenters. The Morgan fingerprint density at radius 1 is 1.07 bits per heavy atom. The lowest BCUT2D eigenvalue weighted by molar-refractivity contribution is -0.899. The predicted octanol–water partition coefficient (Wildman–Crippen LogP) is 1.34. The lowest BCUT2D eigenvalue weighted by Crippen LogP contribution is -3.15. The van der Waals surface area contributed by atoms with E-state index in [9.17, 15) is 9.59 Å². The van der Waals surface area contributed by atoms with Crippen molar-refractivity contribution < 1.29 is 19.2 Å². The van der Waals surface area contributed by atoms with Crippen molar-refractivity contribution in [2.45, 2.75) is 19.3 Å². The molecule has 2 aromatic rings. The summed E-state index contributed by atoms with van der Waals surface area (Å²) in [6, 6.07) is 9.43. The first-order chi connectivity index (χ1) is 13.2. The first kappa shape index (κ1) is 18.2. The number of rotatable bonds is 5. The number of morpholine rings is 1. The number of para-hydroxylation sites is 1. The first-order valence-electron chi connectivity index (χ1n) is 9.43. The molecule has 0 bridgehead atoms. The van der Waals surface area contributed by atoms with Gasteiger partial charge in [-0.1, -0.05) is 18.2 Å². The van der Waals surface area contributed by atoms with E-state index in [4.69, 9.17) is 4.74 Å². The molecule has 0 spiro atoms. The monoisotopic (exact) mass is 386 g/mol. The molecule has 1 aromatic heterocycles. The van der Waals surface area contributed by atoms with Crippen LogP contribution in [0.3, 0.4) is 0 Å².